The second-order valence-electron chi connectivity index (χ2n) is 2.10. The van der Waals surface area contributed by atoms with Gasteiger partial charge in [0.25, 0.3) is 5.91 Å². The molecule has 0 aromatic carbocycles. The van der Waals surface area contributed by atoms with Gasteiger partial charge in [0.1, 0.15) is 0 Å². The van der Waals surface area contributed by atoms with E-state index < -0.39 is 12.3 Å². The van der Waals surface area contributed by atoms with Crippen molar-refractivity contribution < 1.29 is 13.6 Å². The van der Waals surface area contributed by atoms with Gasteiger partial charge in [-0.1, -0.05) is 0 Å². The molecule has 0 aliphatic rings. The average molecular weight is 175 g/mol. The molecule has 0 saturated heterocycles. The minimum Gasteiger partial charge on any atom is -0.346 e. The molecular formula is C6H7F2N3O. The zero-order valence-electron chi connectivity index (χ0n) is 6.05. The number of halogens is 2. The van der Waals surface area contributed by atoms with Gasteiger partial charge in [-0.05, 0) is 6.07 Å². The number of carbonyl (C=O) groups is 1. The highest BCUT2D eigenvalue weighted by Gasteiger charge is 2.13. The maximum Gasteiger partial charge on any atom is 0.315 e. The normalized spacial score (nSPS) is 10.2. The van der Waals surface area contributed by atoms with Crippen LogP contribution in [0.15, 0.2) is 12.3 Å². The topological polar surface area (TPSA) is 57.8 Å². The molecule has 1 rings (SSSR count). The van der Waals surface area contributed by atoms with Gasteiger partial charge in [-0.3, -0.25) is 9.89 Å². The number of carbonyl (C=O) groups excluding carboxylic acids is 1. The summed E-state index contributed by atoms with van der Waals surface area (Å²) in [6.07, 6.45) is -1.49. The molecule has 66 valence electrons. The first-order chi connectivity index (χ1) is 5.70. The molecule has 0 unspecified atom stereocenters. The molecule has 0 spiro atoms. The van der Waals surface area contributed by atoms with Crippen LogP contribution in [0, 0.1) is 0 Å². The smallest absolute Gasteiger partial charge is 0.315 e. The second kappa shape index (κ2) is 3.80. The van der Waals surface area contributed by atoms with Crippen LogP contribution in [0.5, 0.6) is 0 Å². The highest BCUT2D eigenvalue weighted by Crippen LogP contribution is 1.94. The maximum absolute atomic E-state index is 11.6. The number of H-pyrrole nitrogens is 1. The summed E-state index contributed by atoms with van der Waals surface area (Å²) in [5.41, 5.74) is 0.587. The third kappa shape index (κ3) is 2.30. The number of alkyl halides is 2. The highest BCUT2D eigenvalue weighted by atomic mass is 19.3. The van der Waals surface area contributed by atoms with Crippen molar-refractivity contribution in [2.45, 2.75) is 13.0 Å². The number of aromatic amines is 1. The van der Waals surface area contributed by atoms with Gasteiger partial charge in [0, 0.05) is 6.20 Å². The molecule has 1 aromatic heterocycles. The fourth-order valence-electron chi connectivity index (χ4n) is 0.643. The van der Waals surface area contributed by atoms with Gasteiger partial charge >= 0.3 is 6.43 Å². The summed E-state index contributed by atoms with van der Waals surface area (Å²) in [6, 6.07) is 1.59. The lowest BCUT2D eigenvalue weighted by molar-refractivity contribution is -0.131. The van der Waals surface area contributed by atoms with Crippen LogP contribution in [0.4, 0.5) is 8.78 Å². The Kier molecular flexibility index (Phi) is 2.73. The van der Waals surface area contributed by atoms with E-state index in [9.17, 15) is 13.6 Å². The third-order valence-corrected chi connectivity index (χ3v) is 1.21. The third-order valence-electron chi connectivity index (χ3n) is 1.21. The van der Waals surface area contributed by atoms with Crippen molar-refractivity contribution >= 4 is 5.91 Å². The van der Waals surface area contributed by atoms with Gasteiger partial charge < -0.3 is 5.32 Å². The fraction of sp³-hybridized carbons (Fsp3) is 0.333. The Morgan fingerprint density at radius 2 is 2.50 bits per heavy atom. The van der Waals surface area contributed by atoms with Crippen LogP contribution in [0.2, 0.25) is 0 Å². The quantitative estimate of drug-likeness (QED) is 0.693. The van der Waals surface area contributed by atoms with Crippen LogP contribution in [0.25, 0.3) is 0 Å². The van der Waals surface area contributed by atoms with Crippen LogP contribution in [-0.2, 0) is 11.3 Å². The average Bonchev–Trinajstić information content (AvgIpc) is 2.51. The van der Waals surface area contributed by atoms with Crippen molar-refractivity contribution in [3.63, 3.8) is 0 Å². The largest absolute Gasteiger partial charge is 0.346 e. The minimum atomic E-state index is -2.96. The molecule has 4 nitrogen and oxygen atoms in total. The summed E-state index contributed by atoms with van der Waals surface area (Å²) in [6.45, 7) is 0.0448. The molecule has 0 atom stereocenters. The summed E-state index contributed by atoms with van der Waals surface area (Å²) >= 11 is 0. The number of nitrogens with zero attached hydrogens (tertiary/aromatic N) is 1. The van der Waals surface area contributed by atoms with Gasteiger partial charge in [0.15, 0.2) is 0 Å². The SMILES string of the molecule is O=C(NCc1ccn[nH]1)C(F)F. The van der Waals surface area contributed by atoms with Crippen LogP contribution < -0.4 is 5.32 Å². The van der Waals surface area contributed by atoms with E-state index in [1.165, 1.54) is 6.20 Å². The molecule has 0 radical (unpaired) electrons. The number of rotatable bonds is 3. The first-order valence-corrected chi connectivity index (χ1v) is 3.24. The molecule has 1 heterocycles. The molecule has 0 aliphatic carbocycles. The van der Waals surface area contributed by atoms with Crippen molar-refractivity contribution in [2.24, 2.45) is 0 Å². The highest BCUT2D eigenvalue weighted by molar-refractivity contribution is 5.78. The molecule has 0 saturated carbocycles. The van der Waals surface area contributed by atoms with E-state index in [4.69, 9.17) is 0 Å². The standard InChI is InChI=1S/C6H7F2N3O/c7-5(8)6(12)9-3-4-1-2-10-11-4/h1-2,5H,3H2,(H,9,12)(H,10,11). The number of aromatic nitrogens is 2. The Balaban J connectivity index is 2.32. The molecule has 0 aliphatic heterocycles. The van der Waals surface area contributed by atoms with E-state index in [-0.39, 0.29) is 6.54 Å². The summed E-state index contributed by atoms with van der Waals surface area (Å²) in [7, 11) is 0. The summed E-state index contributed by atoms with van der Waals surface area (Å²) in [5, 5.41) is 8.13. The molecule has 1 aromatic rings. The van der Waals surface area contributed by atoms with Gasteiger partial charge in [-0.2, -0.15) is 13.9 Å². The van der Waals surface area contributed by atoms with E-state index in [2.05, 4.69) is 10.2 Å². The zero-order chi connectivity index (χ0) is 8.97. The van der Waals surface area contributed by atoms with Crippen molar-refractivity contribution in [3.8, 4) is 0 Å². The Morgan fingerprint density at radius 1 is 1.75 bits per heavy atom. The van der Waals surface area contributed by atoms with Gasteiger partial charge in [-0.25, -0.2) is 0 Å². The van der Waals surface area contributed by atoms with Crippen LogP contribution in [0.1, 0.15) is 5.69 Å². The van der Waals surface area contributed by atoms with Gasteiger partial charge in [0.2, 0.25) is 0 Å². The first-order valence-electron chi connectivity index (χ1n) is 3.24. The van der Waals surface area contributed by atoms with Crippen LogP contribution >= 0.6 is 0 Å². The number of amides is 1. The molecule has 6 heteroatoms. The number of hydrogen-bond acceptors (Lipinski definition) is 2. The first kappa shape index (κ1) is 8.63. The molecule has 0 fully saturated rings. The van der Waals surface area contributed by atoms with Crippen LogP contribution in [0.3, 0.4) is 0 Å². The fourth-order valence-corrected chi connectivity index (χ4v) is 0.643. The molecule has 2 N–H and O–H groups in total. The van der Waals surface area contributed by atoms with E-state index in [0.29, 0.717) is 5.69 Å². The van der Waals surface area contributed by atoms with Crippen molar-refractivity contribution in [3.05, 3.63) is 18.0 Å². The number of hydrogen-bond donors (Lipinski definition) is 2. The van der Waals surface area contributed by atoms with Gasteiger partial charge in [-0.15, -0.1) is 0 Å². The number of nitrogens with one attached hydrogen (secondary N) is 2. The van der Waals surface area contributed by atoms with E-state index in [0.717, 1.165) is 0 Å². The van der Waals surface area contributed by atoms with Crippen LogP contribution in [-0.4, -0.2) is 22.5 Å². The molecule has 1 amide bonds. The summed E-state index contributed by atoms with van der Waals surface area (Å²) in [4.78, 5) is 10.3. The molecule has 12 heavy (non-hydrogen) atoms. The van der Waals surface area contributed by atoms with Crippen molar-refractivity contribution in [2.75, 3.05) is 0 Å². The Bertz CT molecular complexity index is 247. The molecule has 0 bridgehead atoms. The minimum absolute atomic E-state index is 0.0448. The van der Waals surface area contributed by atoms with E-state index in [1.54, 1.807) is 6.07 Å². The lowest BCUT2D eigenvalue weighted by Crippen LogP contribution is -2.28. The Labute approximate surface area is 67.0 Å². The monoisotopic (exact) mass is 175 g/mol. The zero-order valence-corrected chi connectivity index (χ0v) is 6.05. The second-order valence-corrected chi connectivity index (χ2v) is 2.10. The summed E-state index contributed by atoms with van der Waals surface area (Å²) in [5.74, 6) is -1.27. The maximum atomic E-state index is 11.6. The predicted octanol–water partition coefficient (Wildman–Crippen LogP) is 0.291. The predicted molar refractivity (Wildman–Crippen MR) is 36.4 cm³/mol. The van der Waals surface area contributed by atoms with Crippen molar-refractivity contribution in [1.29, 1.82) is 0 Å². The molecular weight excluding hydrogens is 168 g/mol. The Morgan fingerprint density at radius 3 is 3.00 bits per heavy atom. The lowest BCUT2D eigenvalue weighted by Gasteiger charge is -2.00. The lowest BCUT2D eigenvalue weighted by atomic mass is 10.4. The van der Waals surface area contributed by atoms with Gasteiger partial charge in [0.05, 0.1) is 12.2 Å². The van der Waals surface area contributed by atoms with E-state index in [1.807, 2.05) is 5.32 Å². The Hall–Kier alpha value is -1.46. The van der Waals surface area contributed by atoms with Crippen molar-refractivity contribution in [1.82, 2.24) is 15.5 Å². The van der Waals surface area contributed by atoms with E-state index >= 15 is 0 Å². The summed E-state index contributed by atoms with van der Waals surface area (Å²) < 4.78 is 23.2.